The number of rotatable bonds is 6. The number of benzene rings is 1. The average molecular weight is 264 g/mol. The molecular weight excluding hydrogens is 240 g/mol. The SMILES string of the molecule is CCC(NC(C)C)C(O)c1ccc(NC(C)=O)cc1. The van der Waals surface area contributed by atoms with Crippen molar-refractivity contribution >= 4 is 11.6 Å². The molecule has 4 nitrogen and oxygen atoms in total. The molecule has 0 aliphatic heterocycles. The Morgan fingerprint density at radius 2 is 1.84 bits per heavy atom. The van der Waals surface area contributed by atoms with Crippen LogP contribution in [0.25, 0.3) is 0 Å². The molecule has 1 amide bonds. The van der Waals surface area contributed by atoms with Gasteiger partial charge in [-0.05, 0) is 24.1 Å². The summed E-state index contributed by atoms with van der Waals surface area (Å²) in [4.78, 5) is 10.9. The van der Waals surface area contributed by atoms with Crippen molar-refractivity contribution in [2.24, 2.45) is 0 Å². The Bertz CT molecular complexity index is 401. The molecule has 0 aromatic heterocycles. The van der Waals surface area contributed by atoms with Gasteiger partial charge in [-0.15, -0.1) is 0 Å². The molecule has 0 heterocycles. The minimum Gasteiger partial charge on any atom is -0.387 e. The van der Waals surface area contributed by atoms with E-state index < -0.39 is 6.10 Å². The molecule has 19 heavy (non-hydrogen) atoms. The minimum absolute atomic E-state index is 0.0339. The molecule has 0 saturated heterocycles. The monoisotopic (exact) mass is 264 g/mol. The molecule has 0 saturated carbocycles. The first-order valence-electron chi connectivity index (χ1n) is 6.75. The maximum absolute atomic E-state index is 10.9. The van der Waals surface area contributed by atoms with Crippen molar-refractivity contribution in [3.05, 3.63) is 29.8 Å². The lowest BCUT2D eigenvalue weighted by atomic mass is 9.99. The van der Waals surface area contributed by atoms with Crippen LogP contribution in [0.15, 0.2) is 24.3 Å². The molecule has 106 valence electrons. The largest absolute Gasteiger partial charge is 0.387 e. The van der Waals surface area contributed by atoms with E-state index in [0.717, 1.165) is 17.7 Å². The number of carbonyl (C=O) groups is 1. The van der Waals surface area contributed by atoms with Crippen molar-refractivity contribution in [1.82, 2.24) is 5.32 Å². The van der Waals surface area contributed by atoms with Gasteiger partial charge in [0.05, 0.1) is 6.10 Å². The number of anilines is 1. The first-order chi connectivity index (χ1) is 8.93. The molecule has 0 radical (unpaired) electrons. The third kappa shape index (κ3) is 5.01. The van der Waals surface area contributed by atoms with Crippen LogP contribution in [-0.2, 0) is 4.79 Å². The third-order valence-corrected chi connectivity index (χ3v) is 2.94. The Hall–Kier alpha value is -1.39. The van der Waals surface area contributed by atoms with Gasteiger partial charge in [0, 0.05) is 24.7 Å². The second-order valence-electron chi connectivity index (χ2n) is 5.08. The van der Waals surface area contributed by atoms with Gasteiger partial charge >= 0.3 is 0 Å². The van der Waals surface area contributed by atoms with E-state index in [-0.39, 0.29) is 11.9 Å². The highest BCUT2D eigenvalue weighted by Crippen LogP contribution is 2.21. The maximum atomic E-state index is 10.9. The number of carbonyl (C=O) groups excluding carboxylic acids is 1. The molecule has 4 heteroatoms. The lowest BCUT2D eigenvalue weighted by Gasteiger charge is -2.25. The number of hydrogen-bond donors (Lipinski definition) is 3. The van der Waals surface area contributed by atoms with E-state index >= 15 is 0 Å². The number of nitrogens with one attached hydrogen (secondary N) is 2. The summed E-state index contributed by atoms with van der Waals surface area (Å²) in [7, 11) is 0. The van der Waals surface area contributed by atoms with Crippen molar-refractivity contribution in [3.63, 3.8) is 0 Å². The van der Waals surface area contributed by atoms with Crippen LogP contribution in [0, 0.1) is 0 Å². The quantitative estimate of drug-likeness (QED) is 0.739. The van der Waals surface area contributed by atoms with Crippen molar-refractivity contribution < 1.29 is 9.90 Å². The van der Waals surface area contributed by atoms with Gasteiger partial charge in [0.1, 0.15) is 0 Å². The zero-order valence-electron chi connectivity index (χ0n) is 12.1. The van der Waals surface area contributed by atoms with Crippen LogP contribution in [0.2, 0.25) is 0 Å². The summed E-state index contributed by atoms with van der Waals surface area (Å²) in [6.45, 7) is 7.65. The number of amides is 1. The second-order valence-corrected chi connectivity index (χ2v) is 5.08. The Morgan fingerprint density at radius 1 is 1.26 bits per heavy atom. The summed E-state index contributed by atoms with van der Waals surface area (Å²) in [5.74, 6) is -0.0961. The molecule has 1 aromatic rings. The zero-order chi connectivity index (χ0) is 14.4. The Labute approximate surface area is 115 Å². The highest BCUT2D eigenvalue weighted by Gasteiger charge is 2.19. The standard InChI is InChI=1S/C15H24N2O2/c1-5-14(16-10(2)3)15(19)12-6-8-13(9-7-12)17-11(4)18/h6-10,14-16,19H,5H2,1-4H3,(H,17,18). The lowest BCUT2D eigenvalue weighted by Crippen LogP contribution is -2.38. The lowest BCUT2D eigenvalue weighted by molar-refractivity contribution is -0.114. The highest BCUT2D eigenvalue weighted by molar-refractivity contribution is 5.88. The molecule has 1 rings (SSSR count). The van der Waals surface area contributed by atoms with E-state index in [1.165, 1.54) is 6.92 Å². The second kappa shape index (κ2) is 7.26. The number of aliphatic hydroxyl groups is 1. The molecule has 0 bridgehead atoms. The molecule has 3 N–H and O–H groups in total. The molecule has 0 fully saturated rings. The molecular formula is C15H24N2O2. The topological polar surface area (TPSA) is 61.4 Å². The van der Waals surface area contributed by atoms with E-state index in [1.807, 2.05) is 24.3 Å². The van der Waals surface area contributed by atoms with Gasteiger partial charge in [-0.3, -0.25) is 4.79 Å². The molecule has 1 aromatic carbocycles. The van der Waals surface area contributed by atoms with Crippen LogP contribution in [0.3, 0.4) is 0 Å². The maximum Gasteiger partial charge on any atom is 0.221 e. The van der Waals surface area contributed by atoms with Crippen molar-refractivity contribution in [1.29, 1.82) is 0 Å². The summed E-state index contributed by atoms with van der Waals surface area (Å²) >= 11 is 0. The summed E-state index contributed by atoms with van der Waals surface area (Å²) in [5.41, 5.74) is 1.60. The molecule has 0 aliphatic carbocycles. The van der Waals surface area contributed by atoms with Gasteiger partial charge in [-0.1, -0.05) is 32.9 Å². The van der Waals surface area contributed by atoms with Gasteiger partial charge < -0.3 is 15.7 Å². The van der Waals surface area contributed by atoms with Crippen LogP contribution in [-0.4, -0.2) is 23.1 Å². The van der Waals surface area contributed by atoms with Gasteiger partial charge in [0.2, 0.25) is 5.91 Å². The Morgan fingerprint density at radius 3 is 2.26 bits per heavy atom. The van der Waals surface area contributed by atoms with Crippen LogP contribution in [0.5, 0.6) is 0 Å². The van der Waals surface area contributed by atoms with Crippen LogP contribution in [0.4, 0.5) is 5.69 Å². The van der Waals surface area contributed by atoms with Crippen LogP contribution >= 0.6 is 0 Å². The van der Waals surface area contributed by atoms with Crippen LogP contribution in [0.1, 0.15) is 45.8 Å². The van der Waals surface area contributed by atoms with Gasteiger partial charge in [0.25, 0.3) is 0 Å². The minimum atomic E-state index is -0.543. The summed E-state index contributed by atoms with van der Waals surface area (Å²) in [6.07, 6.45) is 0.311. The predicted molar refractivity (Wildman–Crippen MR) is 78.1 cm³/mol. The van der Waals surface area contributed by atoms with E-state index in [9.17, 15) is 9.90 Å². The van der Waals surface area contributed by atoms with E-state index in [0.29, 0.717) is 6.04 Å². The molecule has 2 unspecified atom stereocenters. The van der Waals surface area contributed by atoms with E-state index in [4.69, 9.17) is 0 Å². The van der Waals surface area contributed by atoms with Gasteiger partial charge in [0.15, 0.2) is 0 Å². The highest BCUT2D eigenvalue weighted by atomic mass is 16.3. The fourth-order valence-corrected chi connectivity index (χ4v) is 2.06. The third-order valence-electron chi connectivity index (χ3n) is 2.94. The van der Waals surface area contributed by atoms with Gasteiger partial charge in [-0.2, -0.15) is 0 Å². The normalized spacial score (nSPS) is 14.2. The summed E-state index contributed by atoms with van der Waals surface area (Å²) in [5, 5.41) is 16.4. The first-order valence-corrected chi connectivity index (χ1v) is 6.75. The fourth-order valence-electron chi connectivity index (χ4n) is 2.06. The summed E-state index contributed by atoms with van der Waals surface area (Å²) in [6, 6.07) is 7.68. The summed E-state index contributed by atoms with van der Waals surface area (Å²) < 4.78 is 0. The van der Waals surface area contributed by atoms with Crippen molar-refractivity contribution in [2.45, 2.75) is 52.3 Å². The van der Waals surface area contributed by atoms with E-state index in [1.54, 1.807) is 0 Å². The Kier molecular flexibility index (Phi) is 5.99. The molecule has 0 spiro atoms. The van der Waals surface area contributed by atoms with Crippen LogP contribution < -0.4 is 10.6 Å². The predicted octanol–water partition coefficient (Wildman–Crippen LogP) is 2.46. The Balaban J connectivity index is 2.75. The fraction of sp³-hybridized carbons (Fsp3) is 0.533. The number of hydrogen-bond acceptors (Lipinski definition) is 3. The molecule has 0 aliphatic rings. The smallest absolute Gasteiger partial charge is 0.221 e. The zero-order valence-corrected chi connectivity index (χ0v) is 12.1. The van der Waals surface area contributed by atoms with Gasteiger partial charge in [-0.25, -0.2) is 0 Å². The molecule has 2 atom stereocenters. The van der Waals surface area contributed by atoms with E-state index in [2.05, 4.69) is 31.4 Å². The first kappa shape index (κ1) is 15.7. The van der Waals surface area contributed by atoms with Crippen molar-refractivity contribution in [2.75, 3.05) is 5.32 Å². The number of aliphatic hydroxyl groups excluding tert-OH is 1. The van der Waals surface area contributed by atoms with Crippen molar-refractivity contribution in [3.8, 4) is 0 Å². The average Bonchev–Trinajstić information content (AvgIpc) is 2.35.